The van der Waals surface area contributed by atoms with Crippen molar-refractivity contribution in [3.63, 3.8) is 0 Å². The lowest BCUT2D eigenvalue weighted by atomic mass is 9.45. The number of ketones is 2. The zero-order valence-corrected chi connectivity index (χ0v) is 46.5. The molecule has 14 nitrogen and oxygen atoms in total. The molecular weight excluding hydrogens is 957 g/mol. The standard InChI is InChI=1S/C34H48O7.C27H44O7/c1-30(2,38)14-13-28-33(5,41-29(40-28)20-9-7-6-8-10-20)27-12-16-34(39)22-17-24(35)23-18-25(36)26(37)19-31(23,3)21(22)11-15-32(27,34)4;1-23(2,32)9-8-22(31)26(5,33)21-7-11-27(34)16-12-18(28)17-13-19(29)20(30)14-24(17,3)15(16)6-10-25(21,27)4/h6-10,17,21,23,25-29,36-39H,11-16,18-19H2,1-5H3;12,15,17,19-22,29-34H,6-11,13-14H2,1-5H3/t21?,23-,25+,26-,27-,28+,29?,31+,32+,33+,34+;15?,17-,19+,20-,21-,22+,24+,25+,26+,27+/m00/s1. The van der Waals surface area contributed by atoms with Crippen molar-refractivity contribution in [2.75, 3.05) is 0 Å². The van der Waals surface area contributed by atoms with Crippen LogP contribution in [0.2, 0.25) is 0 Å². The Labute approximate surface area is 445 Å². The number of aliphatic hydroxyl groups is 10. The van der Waals surface area contributed by atoms with Gasteiger partial charge in [0.1, 0.15) is 0 Å². The lowest BCUT2D eigenvalue weighted by Gasteiger charge is -2.60. The van der Waals surface area contributed by atoms with Gasteiger partial charge >= 0.3 is 0 Å². The summed E-state index contributed by atoms with van der Waals surface area (Å²) in [5, 5.41) is 110. The van der Waals surface area contributed by atoms with E-state index in [0.717, 1.165) is 30.4 Å². The van der Waals surface area contributed by atoms with Crippen molar-refractivity contribution < 1.29 is 70.1 Å². The third-order valence-corrected chi connectivity index (χ3v) is 22.7. The summed E-state index contributed by atoms with van der Waals surface area (Å²) >= 11 is 0. The second-order valence-corrected chi connectivity index (χ2v) is 28.3. The van der Waals surface area contributed by atoms with Gasteiger partial charge in [-0.2, -0.15) is 0 Å². The molecule has 3 unspecified atom stereocenters. The molecule has 7 fully saturated rings. The van der Waals surface area contributed by atoms with E-state index in [1.165, 1.54) is 0 Å². The fourth-order valence-electron chi connectivity index (χ4n) is 18.1. The van der Waals surface area contributed by atoms with Gasteiger partial charge < -0.3 is 60.5 Å². The van der Waals surface area contributed by atoms with E-state index in [-0.39, 0.29) is 72.4 Å². The Hall–Kier alpha value is -2.44. The minimum atomic E-state index is -1.46. The summed E-state index contributed by atoms with van der Waals surface area (Å²) in [7, 11) is 0. The van der Waals surface area contributed by atoms with Gasteiger partial charge in [-0.25, -0.2) is 0 Å². The van der Waals surface area contributed by atoms with Crippen LogP contribution in [0.3, 0.4) is 0 Å². The van der Waals surface area contributed by atoms with Crippen molar-refractivity contribution in [1.82, 2.24) is 0 Å². The van der Waals surface area contributed by atoms with E-state index >= 15 is 0 Å². The van der Waals surface area contributed by atoms with Gasteiger partial charge in [0, 0.05) is 28.2 Å². The van der Waals surface area contributed by atoms with Crippen LogP contribution in [0.1, 0.15) is 184 Å². The Kier molecular flexibility index (Phi) is 14.6. The highest BCUT2D eigenvalue weighted by atomic mass is 16.7. The van der Waals surface area contributed by atoms with Gasteiger partial charge in [-0.15, -0.1) is 0 Å². The molecule has 8 aliphatic carbocycles. The highest BCUT2D eigenvalue weighted by molar-refractivity contribution is 5.95. The first-order chi connectivity index (χ1) is 34.6. The maximum atomic E-state index is 13.6. The van der Waals surface area contributed by atoms with Crippen LogP contribution in [0.5, 0.6) is 0 Å². The van der Waals surface area contributed by atoms with E-state index in [0.29, 0.717) is 69.8 Å². The molecule has 1 aliphatic heterocycles. The van der Waals surface area contributed by atoms with Gasteiger partial charge in [0.05, 0.1) is 70.2 Å². The fraction of sp³-hybridized carbons (Fsp3) is 0.803. The summed E-state index contributed by atoms with van der Waals surface area (Å²) < 4.78 is 13.5. The van der Waals surface area contributed by atoms with Gasteiger partial charge in [0.2, 0.25) is 0 Å². The van der Waals surface area contributed by atoms with Crippen molar-refractivity contribution in [2.24, 2.45) is 57.2 Å². The number of carbonyl (C=O) groups excluding carboxylic acids is 2. The van der Waals surface area contributed by atoms with Gasteiger partial charge in [-0.3, -0.25) is 9.59 Å². The largest absolute Gasteiger partial charge is 0.390 e. The molecule has 0 bridgehead atoms. The summed E-state index contributed by atoms with van der Waals surface area (Å²) in [5.41, 5.74) is -6.29. The molecular formula is C61H92O14. The molecule has 0 amide bonds. The fourth-order valence-corrected chi connectivity index (χ4v) is 18.1. The van der Waals surface area contributed by atoms with E-state index in [9.17, 15) is 60.7 Å². The number of hydrogen-bond acceptors (Lipinski definition) is 14. The molecule has 75 heavy (non-hydrogen) atoms. The second-order valence-electron chi connectivity index (χ2n) is 28.3. The summed E-state index contributed by atoms with van der Waals surface area (Å²) in [4.78, 5) is 26.8. The lowest BCUT2D eigenvalue weighted by molar-refractivity contribution is -0.177. The highest BCUT2D eigenvalue weighted by Crippen LogP contribution is 2.71. The SMILES string of the molecule is CC(C)(O)CC[C@@H](O)[C@](C)(O)[C@H]1CC[C@@]2(O)C3=CC(=O)[C@@H]4C[C@@H](O)[C@@H](O)C[C@]4(C)C3CC[C@]12C.CC(C)(O)CC[C@H]1OC(c2ccccc2)O[C@]1(C)[C@H]1CC[C@@]2(O)C3=CC(=O)[C@@H]4C[C@@H](O)[C@@H](O)C[C@]4(C)C3CC[C@]12C. The maximum absolute atomic E-state index is 13.6. The summed E-state index contributed by atoms with van der Waals surface area (Å²) in [5.74, 6) is -1.40. The zero-order valence-electron chi connectivity index (χ0n) is 46.5. The molecule has 1 aromatic rings. The lowest BCUT2D eigenvalue weighted by Crippen LogP contribution is -2.62. The zero-order chi connectivity index (χ0) is 55.1. The molecule has 14 heteroatoms. The first kappa shape index (κ1) is 57.3. The van der Waals surface area contributed by atoms with Crippen LogP contribution < -0.4 is 0 Å². The monoisotopic (exact) mass is 1050 g/mol. The Balaban J connectivity index is 0.000000187. The molecule has 21 atom stereocenters. The molecule has 10 rings (SSSR count). The Morgan fingerprint density at radius 3 is 1.61 bits per heavy atom. The number of rotatable bonds is 10. The van der Waals surface area contributed by atoms with Crippen molar-refractivity contribution in [3.8, 4) is 0 Å². The van der Waals surface area contributed by atoms with Crippen LogP contribution >= 0.6 is 0 Å². The van der Waals surface area contributed by atoms with Crippen molar-refractivity contribution in [2.45, 2.75) is 248 Å². The molecule has 1 aromatic carbocycles. The number of fused-ring (bicyclic) bond motifs is 10. The van der Waals surface area contributed by atoms with Crippen LogP contribution in [0.15, 0.2) is 53.6 Å². The average Bonchev–Trinajstić information content (AvgIpc) is 3.92. The van der Waals surface area contributed by atoms with E-state index in [1.807, 2.05) is 58.0 Å². The van der Waals surface area contributed by atoms with Crippen molar-refractivity contribution >= 4 is 11.6 Å². The van der Waals surface area contributed by atoms with Crippen LogP contribution in [-0.4, -0.2) is 133 Å². The van der Waals surface area contributed by atoms with Crippen LogP contribution in [-0.2, 0) is 19.1 Å². The summed E-state index contributed by atoms with van der Waals surface area (Å²) in [6.07, 6.45) is 5.87. The Bertz CT molecular complexity index is 2390. The molecule has 9 aliphatic rings. The van der Waals surface area contributed by atoms with Crippen LogP contribution in [0.4, 0.5) is 0 Å². The van der Waals surface area contributed by atoms with Gasteiger partial charge in [0.15, 0.2) is 17.9 Å². The van der Waals surface area contributed by atoms with Crippen LogP contribution in [0, 0.1) is 57.2 Å². The molecule has 1 saturated heterocycles. The minimum absolute atomic E-state index is 0.0271. The number of ether oxygens (including phenoxy) is 2. The van der Waals surface area contributed by atoms with Crippen LogP contribution in [0.25, 0.3) is 0 Å². The summed E-state index contributed by atoms with van der Waals surface area (Å²) in [6.45, 7) is 18.9. The topological polar surface area (TPSA) is 255 Å². The third-order valence-electron chi connectivity index (χ3n) is 22.7. The molecule has 10 N–H and O–H groups in total. The van der Waals surface area contributed by atoms with Crippen molar-refractivity contribution in [3.05, 3.63) is 59.2 Å². The molecule has 0 spiro atoms. The predicted octanol–water partition coefficient (Wildman–Crippen LogP) is 6.47. The molecule has 420 valence electrons. The second kappa shape index (κ2) is 19.1. The predicted molar refractivity (Wildman–Crippen MR) is 280 cm³/mol. The molecule has 6 saturated carbocycles. The average molecular weight is 1050 g/mol. The Morgan fingerprint density at radius 1 is 0.627 bits per heavy atom. The highest BCUT2D eigenvalue weighted by Gasteiger charge is 2.72. The van der Waals surface area contributed by atoms with E-state index in [2.05, 4.69) is 20.8 Å². The van der Waals surface area contributed by atoms with E-state index in [1.54, 1.807) is 32.9 Å². The molecule has 0 radical (unpaired) electrons. The van der Waals surface area contributed by atoms with Gasteiger partial charge in [-0.05, 0) is 202 Å². The quantitative estimate of drug-likeness (QED) is 0.121. The first-order valence-electron chi connectivity index (χ1n) is 28.5. The van der Waals surface area contributed by atoms with Crippen molar-refractivity contribution in [1.29, 1.82) is 0 Å². The van der Waals surface area contributed by atoms with Gasteiger partial charge in [-0.1, -0.05) is 58.0 Å². The number of hydrogen-bond donors (Lipinski definition) is 10. The normalized spacial score (nSPS) is 47.6. The minimum Gasteiger partial charge on any atom is -0.390 e. The summed E-state index contributed by atoms with van der Waals surface area (Å²) in [6, 6.07) is 9.93. The number of aliphatic hydroxyl groups excluding tert-OH is 5. The smallest absolute Gasteiger partial charge is 0.185 e. The van der Waals surface area contributed by atoms with Gasteiger partial charge in [0.25, 0.3) is 0 Å². The molecule has 1 heterocycles. The maximum Gasteiger partial charge on any atom is 0.185 e. The number of benzene rings is 1. The Morgan fingerprint density at radius 2 is 1.11 bits per heavy atom. The number of allylic oxidation sites excluding steroid dienone is 2. The van der Waals surface area contributed by atoms with E-state index in [4.69, 9.17) is 9.47 Å². The van der Waals surface area contributed by atoms with E-state index < -0.39 is 92.1 Å². The molecule has 0 aromatic heterocycles. The first-order valence-corrected chi connectivity index (χ1v) is 28.5. The third kappa shape index (κ3) is 9.15. The number of carbonyl (C=O) groups is 2.